The SMILES string of the molecule is CCOC1CCN(S(=O)(=O)c2ccc(C(F)(F)F)cn2)CC1. The van der Waals surface area contributed by atoms with E-state index in [2.05, 4.69) is 4.98 Å². The number of rotatable bonds is 4. The fourth-order valence-electron chi connectivity index (χ4n) is 2.31. The smallest absolute Gasteiger partial charge is 0.378 e. The first-order chi connectivity index (χ1) is 10.2. The maximum absolute atomic E-state index is 12.5. The second-order valence-electron chi connectivity index (χ2n) is 4.94. The van der Waals surface area contributed by atoms with E-state index in [-0.39, 0.29) is 24.2 Å². The Bertz CT molecular complexity index is 594. The summed E-state index contributed by atoms with van der Waals surface area (Å²) in [5, 5.41) is -0.365. The van der Waals surface area contributed by atoms with Gasteiger partial charge in [0.25, 0.3) is 10.0 Å². The number of piperidine rings is 1. The summed E-state index contributed by atoms with van der Waals surface area (Å²) in [6, 6.07) is 1.62. The van der Waals surface area contributed by atoms with Gasteiger partial charge in [-0.2, -0.15) is 17.5 Å². The summed E-state index contributed by atoms with van der Waals surface area (Å²) in [4.78, 5) is 3.47. The van der Waals surface area contributed by atoms with E-state index in [1.54, 1.807) is 0 Å². The van der Waals surface area contributed by atoms with E-state index in [0.717, 1.165) is 12.1 Å². The van der Waals surface area contributed by atoms with Gasteiger partial charge in [0, 0.05) is 25.9 Å². The maximum Gasteiger partial charge on any atom is 0.417 e. The Morgan fingerprint density at radius 2 is 1.95 bits per heavy atom. The fraction of sp³-hybridized carbons (Fsp3) is 0.615. The van der Waals surface area contributed by atoms with Gasteiger partial charge < -0.3 is 4.74 Å². The number of aromatic nitrogens is 1. The zero-order chi connectivity index (χ0) is 16.4. The summed E-state index contributed by atoms with van der Waals surface area (Å²) in [5.74, 6) is 0. The van der Waals surface area contributed by atoms with Crippen LogP contribution >= 0.6 is 0 Å². The van der Waals surface area contributed by atoms with Crippen LogP contribution in [-0.2, 0) is 20.9 Å². The first kappa shape index (κ1) is 17.2. The molecule has 0 aromatic carbocycles. The van der Waals surface area contributed by atoms with Gasteiger partial charge in [-0.1, -0.05) is 0 Å². The first-order valence-electron chi connectivity index (χ1n) is 6.90. The minimum absolute atomic E-state index is 0.0250. The molecular weight excluding hydrogens is 321 g/mol. The molecule has 0 radical (unpaired) electrons. The largest absolute Gasteiger partial charge is 0.417 e. The maximum atomic E-state index is 12.5. The second-order valence-corrected chi connectivity index (χ2v) is 6.83. The molecule has 0 saturated carbocycles. The van der Waals surface area contributed by atoms with E-state index in [1.165, 1.54) is 4.31 Å². The molecule has 1 aromatic rings. The van der Waals surface area contributed by atoms with Gasteiger partial charge in [0.15, 0.2) is 5.03 Å². The molecule has 1 aliphatic heterocycles. The minimum atomic E-state index is -4.54. The Morgan fingerprint density at radius 1 is 1.32 bits per heavy atom. The molecule has 1 aromatic heterocycles. The van der Waals surface area contributed by atoms with Crippen molar-refractivity contribution in [3.63, 3.8) is 0 Å². The van der Waals surface area contributed by atoms with Gasteiger partial charge in [0.2, 0.25) is 0 Å². The van der Waals surface area contributed by atoms with Crippen molar-refractivity contribution in [3.8, 4) is 0 Å². The lowest BCUT2D eigenvalue weighted by Gasteiger charge is -2.30. The lowest BCUT2D eigenvalue weighted by Crippen LogP contribution is -2.41. The summed E-state index contributed by atoms with van der Waals surface area (Å²) in [5.41, 5.74) is -0.971. The zero-order valence-corrected chi connectivity index (χ0v) is 12.8. The van der Waals surface area contributed by atoms with Gasteiger partial charge in [-0.3, -0.25) is 0 Å². The predicted octanol–water partition coefficient (Wildman–Crippen LogP) is 2.29. The molecule has 1 aliphatic rings. The number of nitrogens with zero attached hydrogens (tertiary/aromatic N) is 2. The van der Waals surface area contributed by atoms with Gasteiger partial charge in [-0.15, -0.1) is 0 Å². The van der Waals surface area contributed by atoms with Crippen LogP contribution in [0.4, 0.5) is 13.2 Å². The van der Waals surface area contributed by atoms with Crippen LogP contribution in [0.15, 0.2) is 23.4 Å². The molecular formula is C13H17F3N2O3S. The van der Waals surface area contributed by atoms with Crippen molar-refractivity contribution in [1.29, 1.82) is 0 Å². The van der Waals surface area contributed by atoms with Crippen LogP contribution in [0, 0.1) is 0 Å². The Hall–Kier alpha value is -1.19. The zero-order valence-electron chi connectivity index (χ0n) is 12.0. The van der Waals surface area contributed by atoms with Crippen molar-refractivity contribution >= 4 is 10.0 Å². The number of hydrogen-bond donors (Lipinski definition) is 0. The number of hydrogen-bond acceptors (Lipinski definition) is 4. The Morgan fingerprint density at radius 3 is 2.41 bits per heavy atom. The highest BCUT2D eigenvalue weighted by molar-refractivity contribution is 7.89. The van der Waals surface area contributed by atoms with Gasteiger partial charge in [-0.05, 0) is 31.9 Å². The number of alkyl halides is 3. The monoisotopic (exact) mass is 338 g/mol. The molecule has 5 nitrogen and oxygen atoms in total. The molecule has 0 atom stereocenters. The Balaban J connectivity index is 2.11. The number of halogens is 3. The third kappa shape index (κ3) is 3.76. The van der Waals surface area contributed by atoms with Gasteiger partial charge in [0.1, 0.15) is 0 Å². The summed E-state index contributed by atoms with van der Waals surface area (Å²) in [7, 11) is -3.86. The van der Waals surface area contributed by atoms with E-state index in [1.807, 2.05) is 6.92 Å². The third-order valence-electron chi connectivity index (χ3n) is 3.47. The molecule has 0 spiro atoms. The van der Waals surface area contributed by atoms with Crippen molar-refractivity contribution in [2.24, 2.45) is 0 Å². The quantitative estimate of drug-likeness (QED) is 0.845. The normalized spacial score (nSPS) is 18.5. The second kappa shape index (κ2) is 6.51. The molecule has 2 heterocycles. The minimum Gasteiger partial charge on any atom is -0.378 e. The van der Waals surface area contributed by atoms with Gasteiger partial charge in [0.05, 0.1) is 11.7 Å². The predicted molar refractivity (Wildman–Crippen MR) is 72.6 cm³/mol. The number of sulfonamides is 1. The topological polar surface area (TPSA) is 59.5 Å². The molecule has 0 unspecified atom stereocenters. The fourth-order valence-corrected chi connectivity index (χ4v) is 3.69. The highest BCUT2D eigenvalue weighted by Crippen LogP contribution is 2.29. The van der Waals surface area contributed by atoms with Crippen molar-refractivity contribution in [2.75, 3.05) is 19.7 Å². The Kier molecular flexibility index (Phi) is 5.08. The molecule has 0 amide bonds. The van der Waals surface area contributed by atoms with Crippen LogP contribution in [0.1, 0.15) is 25.3 Å². The highest BCUT2D eigenvalue weighted by Gasteiger charge is 2.33. The summed E-state index contributed by atoms with van der Waals surface area (Å²) < 4.78 is 68.8. The summed E-state index contributed by atoms with van der Waals surface area (Å²) >= 11 is 0. The molecule has 2 rings (SSSR count). The van der Waals surface area contributed by atoms with Crippen molar-refractivity contribution in [3.05, 3.63) is 23.9 Å². The summed E-state index contributed by atoms with van der Waals surface area (Å²) in [6.07, 6.45) is -2.84. The van der Waals surface area contributed by atoms with E-state index >= 15 is 0 Å². The lowest BCUT2D eigenvalue weighted by molar-refractivity contribution is -0.137. The molecule has 1 fully saturated rings. The van der Waals surface area contributed by atoms with Crippen LogP contribution in [0.5, 0.6) is 0 Å². The Labute approximate surface area is 127 Å². The molecule has 22 heavy (non-hydrogen) atoms. The van der Waals surface area contributed by atoms with E-state index in [9.17, 15) is 21.6 Å². The van der Waals surface area contributed by atoms with Crippen LogP contribution in [0.3, 0.4) is 0 Å². The number of ether oxygens (including phenoxy) is 1. The standard InChI is InChI=1S/C13H17F3N2O3S/c1-2-21-11-5-7-18(8-6-11)22(19,20)12-4-3-10(9-17-12)13(14,15)16/h3-4,9,11H,2,5-8H2,1H3. The van der Waals surface area contributed by atoms with Gasteiger partial charge in [-0.25, -0.2) is 13.4 Å². The summed E-state index contributed by atoms with van der Waals surface area (Å²) in [6.45, 7) is 2.98. The van der Waals surface area contributed by atoms with Crippen LogP contribution in [0.25, 0.3) is 0 Å². The van der Waals surface area contributed by atoms with Crippen molar-refractivity contribution in [1.82, 2.24) is 9.29 Å². The average molecular weight is 338 g/mol. The van der Waals surface area contributed by atoms with Crippen molar-refractivity contribution < 1.29 is 26.3 Å². The van der Waals surface area contributed by atoms with E-state index in [4.69, 9.17) is 4.74 Å². The lowest BCUT2D eigenvalue weighted by atomic mass is 10.1. The molecule has 1 saturated heterocycles. The number of pyridine rings is 1. The van der Waals surface area contributed by atoms with Crippen LogP contribution < -0.4 is 0 Å². The van der Waals surface area contributed by atoms with Crippen LogP contribution in [0.2, 0.25) is 0 Å². The highest BCUT2D eigenvalue weighted by atomic mass is 32.2. The molecule has 0 bridgehead atoms. The molecule has 124 valence electrons. The molecule has 0 aliphatic carbocycles. The van der Waals surface area contributed by atoms with Crippen molar-refractivity contribution in [2.45, 2.75) is 37.1 Å². The first-order valence-corrected chi connectivity index (χ1v) is 8.34. The van der Waals surface area contributed by atoms with Crippen LogP contribution in [-0.4, -0.2) is 43.5 Å². The van der Waals surface area contributed by atoms with E-state index in [0.29, 0.717) is 25.6 Å². The average Bonchev–Trinajstić information content (AvgIpc) is 2.47. The molecule has 0 N–H and O–H groups in total. The van der Waals surface area contributed by atoms with Gasteiger partial charge >= 0.3 is 6.18 Å². The molecule has 9 heteroatoms. The third-order valence-corrected chi connectivity index (χ3v) is 5.29. The van der Waals surface area contributed by atoms with E-state index < -0.39 is 21.8 Å².